The van der Waals surface area contributed by atoms with Gasteiger partial charge in [0, 0.05) is 103 Å². The highest BCUT2D eigenvalue weighted by molar-refractivity contribution is 14.1. The number of esters is 7. The minimum atomic E-state index is -4.53. The Morgan fingerprint density at radius 2 is 0.456 bits per heavy atom. The molecule has 3 N–H and O–H groups in total. The van der Waals surface area contributed by atoms with Crippen LogP contribution in [0.1, 0.15) is 100 Å². The van der Waals surface area contributed by atoms with Crippen molar-refractivity contribution < 1.29 is 177 Å². The van der Waals surface area contributed by atoms with E-state index in [1.54, 1.807) is 12.1 Å². The molecular weight excluding hydrogens is 4940 g/mol. The predicted molar refractivity (Wildman–Crippen MR) is 739 cm³/mol. The molecule has 7 rings (SSSR count). The molecular formula is C72H52I25N4O39S7-7. The van der Waals surface area contributed by atoms with E-state index in [4.69, 9.17) is 33.2 Å². The van der Waals surface area contributed by atoms with Gasteiger partial charge in [-0.25, -0.2) is 92.5 Å². The van der Waals surface area contributed by atoms with Crippen LogP contribution < -0.4 is 20.9 Å². The maximum Gasteiger partial charge on any atom is 0.340 e. The Hall–Kier alpha value is 6.33. The molecule has 7 aromatic rings. The molecule has 818 valence electrons. The zero-order chi connectivity index (χ0) is 114. The predicted octanol–water partition coefficient (Wildman–Crippen LogP) is 17.7. The first-order valence-electron chi connectivity index (χ1n) is 36.5. The number of hydrogen-bond donors (Lipinski definition) is 3. The van der Waals surface area contributed by atoms with Gasteiger partial charge in [0.25, 0.3) is 0 Å². The fraction of sp³-hybridized carbons (Fsp3) is 0.264. The van der Waals surface area contributed by atoms with Crippen LogP contribution in [0.3, 0.4) is 0 Å². The van der Waals surface area contributed by atoms with Crippen LogP contribution in [0.2, 0.25) is 0 Å². The number of benzene rings is 7. The summed E-state index contributed by atoms with van der Waals surface area (Å²) in [6.07, 6.45) is 0. The molecule has 0 aliphatic carbocycles. The Balaban J connectivity index is 0.000000862. The number of nitrogens with one attached hydrogen (secondary N) is 3. The third kappa shape index (κ3) is 56.3. The molecule has 0 aromatic heterocycles. The topological polar surface area (TPSA) is 692 Å². The van der Waals surface area contributed by atoms with Gasteiger partial charge in [0.05, 0.1) is 194 Å². The molecule has 0 aliphatic rings. The second kappa shape index (κ2) is 70.6. The number of hydrogen-bond acceptors (Lipinski definition) is 39. The van der Waals surface area contributed by atoms with Crippen LogP contribution in [0.15, 0.2) is 36.4 Å². The number of nitrogens with zero attached hydrogens (tertiary/aromatic N) is 1. The summed E-state index contributed by atoms with van der Waals surface area (Å²) in [6, 6.07) is 10.8. The number of rotatable bonds is 32. The van der Waals surface area contributed by atoms with Crippen molar-refractivity contribution >= 4 is 724 Å². The van der Waals surface area contributed by atoms with Crippen LogP contribution >= 0.6 is 565 Å². The number of carbonyl (C=O) groups excluding carboxylic acids is 11. The number of ether oxygens (including phenoxy) is 7. The fourth-order valence-electron chi connectivity index (χ4n) is 8.85. The normalized spacial score (nSPS) is 11.3. The molecule has 0 aliphatic heterocycles. The molecule has 0 heterocycles. The van der Waals surface area contributed by atoms with Gasteiger partial charge in [-0.1, -0.05) is 0 Å². The van der Waals surface area contributed by atoms with E-state index in [1.165, 1.54) is 39.6 Å². The highest BCUT2D eigenvalue weighted by atomic mass is 127. The zero-order valence-corrected chi connectivity index (χ0v) is 132. The third-order valence-electron chi connectivity index (χ3n) is 15.2. The Morgan fingerprint density at radius 3 is 0.741 bits per heavy atom. The SMILES string of the molecule is CC(=O)Nc1c(I)c(C(=O)OCCS(=O)(=O)[O-])c(I)c(N(C)C(C)=O)c1I.CC(=O)Nc1c(I)c(NC(C)=O)c(I)c(C(=O)OCCS(=O)(=O)[O-])c1I.O=C(OCCS(=O)(=O)[O-])c1c(I)c(I)c(I)c(I)c1I.O=C(OCCS(=O)(=O)[O-])c1c(I)c(I)cc(I)c1I.O=C(OCCS(=O)(=O)[O-])c1c(I)cc(I)cc1I.O=C(OCCS(=O)(=O)[O-])c1cc(I)c(I)c(I)c1I.O=C(OCCS(=O)(=O)[O-])c1cc(I)cc(I)c1I. The van der Waals surface area contributed by atoms with Crippen molar-refractivity contribution in [1.82, 2.24) is 0 Å². The summed E-state index contributed by atoms with van der Waals surface area (Å²) in [5, 5.41) is 7.82. The second-order valence-electron chi connectivity index (χ2n) is 26.1. The molecule has 0 radical (unpaired) electrons. The minimum Gasteiger partial charge on any atom is -0.748 e. The molecule has 43 nitrogen and oxygen atoms in total. The van der Waals surface area contributed by atoms with Gasteiger partial charge >= 0.3 is 41.8 Å². The van der Waals surface area contributed by atoms with Gasteiger partial charge in [0.1, 0.15) is 46.2 Å². The Morgan fingerprint density at radius 1 is 0.238 bits per heavy atom. The minimum absolute atomic E-state index is 0.0439. The first-order chi connectivity index (χ1) is 66.9. The number of anilines is 4. The monoisotopic (exact) mass is 4990 g/mol. The first kappa shape index (κ1) is 151. The van der Waals surface area contributed by atoms with Gasteiger partial charge in [-0.05, 0) is 601 Å². The quantitative estimate of drug-likeness (QED) is 0.00880. The lowest BCUT2D eigenvalue weighted by Crippen LogP contribution is -2.27. The molecule has 0 bridgehead atoms. The van der Waals surface area contributed by atoms with Gasteiger partial charge in [-0.15, -0.1) is 0 Å². The molecule has 7 aromatic carbocycles. The standard InChI is InChI=1S/C14H15I3N2O7S.C13H13I3N2O7S.C9H5I5O5S.2C9H6I4O5S.2C9H7I3O5S/c1-6(20)18-12-9(15)8(14(22)26-4-5-27(23,24)25)10(16)13(11(12)17)19(3)7(2)21;1-5(19)17-11-8(14)7(13(21)25-3-4-26(22,23)24)9(15)12(10(11)16)18-6(2)20;10-4-3(5(11)7(13)8(14)6(4)12)9(15)19-1-2-20(16,17)18;10-4-3-5(11)8(13)6(7(4)12)9(14)18-1-2-19(15,16)17;10-5-3-4(6(11)8(13)7(5)12)9(14)18-1-2-19(15,16)17;10-5-3-6(11)8(7(12)4-5)9(13)17-1-2-18(14,15)16;10-5-3-6(8(12)7(11)4-5)9(13)17-1-2-18(14,15)16/h4-5H2,1-3H3,(H,18,20)(H,23,24,25);3-4H2,1-2H3,(H,17,19)(H,18,20)(H,22,23,24);1-2H2,(H,16,17,18);2*3H,1-2H2,(H,15,16,17);2*3-4H,1-2H2,(H,14,15,16)/p-7. The van der Waals surface area contributed by atoms with E-state index in [0.29, 0.717) is 72.0 Å². The zero-order valence-electron chi connectivity index (χ0n) is 72.0. The average Bonchev–Trinajstić information content (AvgIpc) is 0.765. The first-order valence-corrected chi connectivity index (χ1v) is 74.6. The van der Waals surface area contributed by atoms with Crippen molar-refractivity contribution in [3.05, 3.63) is 165 Å². The van der Waals surface area contributed by atoms with Crippen molar-refractivity contribution in [2.45, 2.75) is 27.7 Å². The van der Waals surface area contributed by atoms with E-state index in [9.17, 15) is 144 Å². The summed E-state index contributed by atoms with van der Waals surface area (Å²) >= 11 is 51.0. The van der Waals surface area contributed by atoms with E-state index in [0.717, 1.165) is 67.8 Å². The summed E-state index contributed by atoms with van der Waals surface area (Å²) < 4.78 is 273. The van der Waals surface area contributed by atoms with Gasteiger partial charge in [0.2, 0.25) is 23.6 Å². The van der Waals surface area contributed by atoms with E-state index < -0.39 is 199 Å². The van der Waals surface area contributed by atoms with E-state index in [2.05, 4.69) is 310 Å². The number of halogens is 25. The van der Waals surface area contributed by atoms with Crippen molar-refractivity contribution in [3.63, 3.8) is 0 Å². The highest BCUT2D eigenvalue weighted by Crippen LogP contribution is 2.43. The van der Waals surface area contributed by atoms with Gasteiger partial charge in [-0.3, -0.25) is 19.2 Å². The van der Waals surface area contributed by atoms with E-state index in [1.807, 2.05) is 295 Å². The summed E-state index contributed by atoms with van der Waals surface area (Å²) in [7, 11) is -29.4. The van der Waals surface area contributed by atoms with E-state index >= 15 is 0 Å². The van der Waals surface area contributed by atoms with Crippen LogP contribution in [-0.2, 0) is 123 Å². The lowest BCUT2D eigenvalue weighted by Gasteiger charge is -2.24. The van der Waals surface area contributed by atoms with E-state index in [-0.39, 0.29) is 34.8 Å². The Kier molecular flexibility index (Phi) is 72.7. The molecule has 0 spiro atoms. The third-order valence-corrected chi connectivity index (χ3v) is 55.0. The summed E-state index contributed by atoms with van der Waals surface area (Å²) in [6.45, 7) is 1.87. The number of amides is 4. The molecule has 0 unspecified atom stereocenters. The van der Waals surface area contributed by atoms with Crippen molar-refractivity contribution in [3.8, 4) is 0 Å². The highest BCUT2D eigenvalue weighted by Gasteiger charge is 2.33. The van der Waals surface area contributed by atoms with Crippen molar-refractivity contribution in [2.75, 3.05) is 114 Å². The largest absolute Gasteiger partial charge is 0.748 e. The maximum atomic E-state index is 12.5. The van der Waals surface area contributed by atoms with Crippen LogP contribution in [-0.4, -0.2) is 250 Å². The smallest absolute Gasteiger partial charge is 0.340 e. The lowest BCUT2D eigenvalue weighted by atomic mass is 10.1. The fourth-order valence-corrected chi connectivity index (χ4v) is 38.0. The summed E-state index contributed by atoms with van der Waals surface area (Å²) in [5.41, 5.74) is 3.40. The molecule has 75 heteroatoms. The second-order valence-corrected chi connectivity index (χ2v) is 64.6. The van der Waals surface area contributed by atoms with Gasteiger partial charge < -0.3 is 85.9 Å². The molecule has 0 saturated heterocycles. The molecule has 4 amide bonds. The van der Waals surface area contributed by atoms with Crippen LogP contribution in [0, 0.1) is 89.3 Å². The lowest BCUT2D eigenvalue weighted by molar-refractivity contribution is -0.116. The molecule has 0 fully saturated rings. The molecule has 0 saturated carbocycles. The Bertz CT molecular complexity index is 7010. The van der Waals surface area contributed by atoms with Crippen LogP contribution in [0.25, 0.3) is 0 Å². The summed E-state index contributed by atoms with van der Waals surface area (Å²) in [4.78, 5) is 132. The van der Waals surface area contributed by atoms with Gasteiger partial charge in [0.15, 0.2) is 0 Å². The maximum absolute atomic E-state index is 12.5. The molecule has 147 heavy (non-hydrogen) atoms. The summed E-state index contributed by atoms with van der Waals surface area (Å²) in [5.74, 6) is -11.6. The average molecular weight is 4990 g/mol. The Labute approximate surface area is 1180 Å². The number of carbonyl (C=O) groups is 11. The van der Waals surface area contributed by atoms with Crippen LogP contribution in [0.4, 0.5) is 22.7 Å². The molecule has 0 atom stereocenters. The van der Waals surface area contributed by atoms with Crippen molar-refractivity contribution in [1.29, 1.82) is 0 Å². The van der Waals surface area contributed by atoms with Crippen LogP contribution in [0.5, 0.6) is 0 Å². The van der Waals surface area contributed by atoms with Crippen molar-refractivity contribution in [2.24, 2.45) is 0 Å². The van der Waals surface area contributed by atoms with Gasteiger partial charge in [-0.2, -0.15) is 0 Å².